The first-order valence-electron chi connectivity index (χ1n) is 5.80. The molecule has 0 aliphatic carbocycles. The fourth-order valence-electron chi connectivity index (χ4n) is 1.76. The summed E-state index contributed by atoms with van der Waals surface area (Å²) in [5, 5.41) is 0. The Morgan fingerprint density at radius 2 is 1.89 bits per heavy atom. The SMILES string of the molecule is O=S(=O)(CCC1OCCCO1)c1ccccc1Br. The zero-order valence-corrected chi connectivity index (χ0v) is 12.2. The van der Waals surface area contributed by atoms with Crippen LogP contribution >= 0.6 is 15.9 Å². The molecule has 18 heavy (non-hydrogen) atoms. The van der Waals surface area contributed by atoms with Crippen LogP contribution in [0.5, 0.6) is 0 Å². The van der Waals surface area contributed by atoms with Crippen molar-refractivity contribution in [3.8, 4) is 0 Å². The molecule has 0 bridgehead atoms. The van der Waals surface area contributed by atoms with Gasteiger partial charge in [-0.25, -0.2) is 8.42 Å². The van der Waals surface area contributed by atoms with Crippen molar-refractivity contribution in [2.24, 2.45) is 0 Å². The number of rotatable bonds is 4. The lowest BCUT2D eigenvalue weighted by Crippen LogP contribution is -2.27. The van der Waals surface area contributed by atoms with E-state index < -0.39 is 16.1 Å². The molecule has 0 aromatic heterocycles. The van der Waals surface area contributed by atoms with Gasteiger partial charge < -0.3 is 9.47 Å². The van der Waals surface area contributed by atoms with Crippen molar-refractivity contribution < 1.29 is 17.9 Å². The lowest BCUT2D eigenvalue weighted by molar-refractivity contribution is -0.178. The molecular formula is C12H15BrO4S. The van der Waals surface area contributed by atoms with Crippen molar-refractivity contribution in [1.29, 1.82) is 0 Å². The molecular weight excluding hydrogens is 320 g/mol. The van der Waals surface area contributed by atoms with E-state index in [1.807, 2.05) is 0 Å². The highest BCUT2D eigenvalue weighted by atomic mass is 79.9. The van der Waals surface area contributed by atoms with Gasteiger partial charge in [-0.3, -0.25) is 0 Å². The second kappa shape index (κ2) is 6.14. The molecule has 1 aromatic carbocycles. The fraction of sp³-hybridized carbons (Fsp3) is 0.500. The first-order valence-corrected chi connectivity index (χ1v) is 8.24. The predicted molar refractivity (Wildman–Crippen MR) is 71.1 cm³/mol. The van der Waals surface area contributed by atoms with Crippen molar-refractivity contribution in [3.05, 3.63) is 28.7 Å². The molecule has 6 heteroatoms. The third-order valence-corrected chi connectivity index (χ3v) is 5.44. The van der Waals surface area contributed by atoms with E-state index in [9.17, 15) is 8.42 Å². The number of halogens is 1. The van der Waals surface area contributed by atoms with Crippen LogP contribution in [0.15, 0.2) is 33.6 Å². The highest BCUT2D eigenvalue weighted by Crippen LogP contribution is 2.23. The lowest BCUT2D eigenvalue weighted by atomic mass is 10.4. The normalized spacial score (nSPS) is 17.8. The molecule has 1 aromatic rings. The van der Waals surface area contributed by atoms with Crippen LogP contribution in [-0.4, -0.2) is 33.7 Å². The van der Waals surface area contributed by atoms with Gasteiger partial charge in [0.1, 0.15) is 0 Å². The topological polar surface area (TPSA) is 52.6 Å². The van der Waals surface area contributed by atoms with E-state index in [1.165, 1.54) is 0 Å². The molecule has 2 rings (SSSR count). The molecule has 100 valence electrons. The smallest absolute Gasteiger partial charge is 0.179 e. The molecule has 0 atom stereocenters. The number of hydrogen-bond acceptors (Lipinski definition) is 4. The second-order valence-corrected chi connectivity index (χ2v) is 6.99. The van der Waals surface area contributed by atoms with Crippen LogP contribution in [-0.2, 0) is 19.3 Å². The summed E-state index contributed by atoms with van der Waals surface area (Å²) in [5.41, 5.74) is 0. The molecule has 4 nitrogen and oxygen atoms in total. The van der Waals surface area contributed by atoms with Gasteiger partial charge in [0.15, 0.2) is 16.1 Å². The second-order valence-electron chi connectivity index (χ2n) is 4.06. The van der Waals surface area contributed by atoms with E-state index in [-0.39, 0.29) is 5.75 Å². The van der Waals surface area contributed by atoms with Crippen molar-refractivity contribution in [2.45, 2.75) is 24.0 Å². The molecule has 1 aliphatic heterocycles. The average Bonchev–Trinajstić information content (AvgIpc) is 2.38. The van der Waals surface area contributed by atoms with E-state index in [0.29, 0.717) is 29.0 Å². The number of hydrogen-bond donors (Lipinski definition) is 0. The summed E-state index contributed by atoms with van der Waals surface area (Å²) >= 11 is 3.26. The van der Waals surface area contributed by atoms with Crippen LogP contribution in [0.1, 0.15) is 12.8 Å². The Balaban J connectivity index is 2.01. The van der Waals surface area contributed by atoms with E-state index in [4.69, 9.17) is 9.47 Å². The lowest BCUT2D eigenvalue weighted by Gasteiger charge is -2.23. The van der Waals surface area contributed by atoms with E-state index in [1.54, 1.807) is 24.3 Å². The van der Waals surface area contributed by atoms with Gasteiger partial charge in [-0.15, -0.1) is 0 Å². The molecule has 0 radical (unpaired) electrons. The van der Waals surface area contributed by atoms with Gasteiger partial charge in [0.2, 0.25) is 0 Å². The Morgan fingerprint density at radius 1 is 1.22 bits per heavy atom. The zero-order valence-electron chi connectivity index (χ0n) is 9.84. The van der Waals surface area contributed by atoms with Gasteiger partial charge in [0.25, 0.3) is 0 Å². The molecule has 1 saturated heterocycles. The molecule has 0 spiro atoms. The average molecular weight is 335 g/mol. The van der Waals surface area contributed by atoms with Gasteiger partial charge in [-0.2, -0.15) is 0 Å². The fourth-order valence-corrected chi connectivity index (χ4v) is 4.16. The minimum Gasteiger partial charge on any atom is -0.353 e. The van der Waals surface area contributed by atoms with Crippen LogP contribution in [0, 0.1) is 0 Å². The van der Waals surface area contributed by atoms with E-state index >= 15 is 0 Å². The maximum absolute atomic E-state index is 12.2. The summed E-state index contributed by atoms with van der Waals surface area (Å²) in [4.78, 5) is 0.320. The quantitative estimate of drug-likeness (QED) is 0.848. The molecule has 0 saturated carbocycles. The van der Waals surface area contributed by atoms with Gasteiger partial charge in [-0.05, 0) is 34.5 Å². The van der Waals surface area contributed by atoms with Crippen molar-refractivity contribution in [2.75, 3.05) is 19.0 Å². The Kier molecular flexibility index (Phi) is 4.77. The molecule has 0 unspecified atom stereocenters. The summed E-state index contributed by atoms with van der Waals surface area (Å²) in [6.45, 7) is 1.28. The summed E-state index contributed by atoms with van der Waals surface area (Å²) < 4.78 is 35.6. The molecule has 1 aliphatic rings. The van der Waals surface area contributed by atoms with Crippen LogP contribution in [0.3, 0.4) is 0 Å². The van der Waals surface area contributed by atoms with Crippen molar-refractivity contribution in [1.82, 2.24) is 0 Å². The van der Waals surface area contributed by atoms with Gasteiger partial charge in [0.05, 0.1) is 23.9 Å². The van der Waals surface area contributed by atoms with Crippen LogP contribution < -0.4 is 0 Å². The summed E-state index contributed by atoms with van der Waals surface area (Å²) in [5.74, 6) is 0.0281. The van der Waals surface area contributed by atoms with Crippen LogP contribution in [0.4, 0.5) is 0 Å². The number of ether oxygens (including phenoxy) is 2. The van der Waals surface area contributed by atoms with Crippen LogP contribution in [0.2, 0.25) is 0 Å². The molecule has 0 N–H and O–H groups in total. The third-order valence-electron chi connectivity index (χ3n) is 2.69. The molecule has 1 fully saturated rings. The summed E-state index contributed by atoms with van der Waals surface area (Å²) in [6, 6.07) is 6.82. The molecule has 1 heterocycles. The Bertz CT molecular complexity index is 495. The summed E-state index contributed by atoms with van der Waals surface area (Å²) in [6.07, 6.45) is 0.841. The van der Waals surface area contributed by atoms with Gasteiger partial charge in [0, 0.05) is 10.9 Å². The Hall–Kier alpha value is -0.430. The maximum Gasteiger partial charge on any atom is 0.179 e. The molecule has 0 amide bonds. The first kappa shape index (κ1) is 14.0. The van der Waals surface area contributed by atoms with Crippen molar-refractivity contribution >= 4 is 25.8 Å². The largest absolute Gasteiger partial charge is 0.353 e. The van der Waals surface area contributed by atoms with E-state index in [0.717, 1.165) is 6.42 Å². The van der Waals surface area contributed by atoms with Gasteiger partial charge >= 0.3 is 0 Å². The summed E-state index contributed by atoms with van der Waals surface area (Å²) in [7, 11) is -3.30. The monoisotopic (exact) mass is 334 g/mol. The Labute approximate surface area is 115 Å². The highest BCUT2D eigenvalue weighted by Gasteiger charge is 2.21. The minimum atomic E-state index is -3.30. The van der Waals surface area contributed by atoms with Crippen LogP contribution in [0.25, 0.3) is 0 Å². The zero-order chi connectivity index (χ0) is 13.0. The minimum absolute atomic E-state index is 0.0281. The van der Waals surface area contributed by atoms with E-state index in [2.05, 4.69) is 15.9 Å². The predicted octanol–water partition coefficient (Wildman–Crippen LogP) is 2.38. The number of benzene rings is 1. The Morgan fingerprint density at radius 3 is 2.56 bits per heavy atom. The first-order chi connectivity index (χ1) is 8.59. The standard InChI is InChI=1S/C12H15BrO4S/c13-10-4-1-2-5-11(10)18(14,15)9-6-12-16-7-3-8-17-12/h1-2,4-5,12H,3,6-9H2. The van der Waals surface area contributed by atoms with Gasteiger partial charge in [-0.1, -0.05) is 12.1 Å². The third kappa shape index (κ3) is 3.54. The maximum atomic E-state index is 12.2. The number of sulfone groups is 1. The van der Waals surface area contributed by atoms with Crippen molar-refractivity contribution in [3.63, 3.8) is 0 Å². The highest BCUT2D eigenvalue weighted by molar-refractivity contribution is 9.10.